The maximum absolute atomic E-state index is 13.0. The number of hydrogen-bond acceptors (Lipinski definition) is 5. The van der Waals surface area contributed by atoms with E-state index in [1.54, 1.807) is 25.1 Å². The summed E-state index contributed by atoms with van der Waals surface area (Å²) in [6, 6.07) is 7.87. The van der Waals surface area contributed by atoms with E-state index in [0.29, 0.717) is 18.0 Å². The molecule has 0 aliphatic heterocycles. The Kier molecular flexibility index (Phi) is 5.48. The van der Waals surface area contributed by atoms with Gasteiger partial charge in [-0.2, -0.15) is 18.2 Å². The van der Waals surface area contributed by atoms with Gasteiger partial charge in [0, 0.05) is 12.7 Å². The first-order valence-corrected chi connectivity index (χ1v) is 7.43. The number of halogens is 3. The van der Waals surface area contributed by atoms with Gasteiger partial charge < -0.3 is 15.4 Å². The fraction of sp³-hybridized carbons (Fsp3) is 0.375. The van der Waals surface area contributed by atoms with Crippen molar-refractivity contribution in [1.29, 1.82) is 0 Å². The highest BCUT2D eigenvalue weighted by Crippen LogP contribution is 2.34. The molecule has 0 spiro atoms. The lowest BCUT2D eigenvalue weighted by Gasteiger charge is -2.16. The molecular weight excluding hydrogens is 321 g/mol. The Bertz CT molecular complexity index is 689. The Morgan fingerprint density at radius 1 is 1.33 bits per heavy atom. The Hall–Kier alpha value is -2.51. The summed E-state index contributed by atoms with van der Waals surface area (Å²) in [4.78, 5) is 7.68. The largest absolute Gasteiger partial charge is 0.489 e. The van der Waals surface area contributed by atoms with Crippen molar-refractivity contribution in [2.45, 2.75) is 33.1 Å². The van der Waals surface area contributed by atoms with Crippen LogP contribution in [-0.4, -0.2) is 22.6 Å². The van der Waals surface area contributed by atoms with Crippen LogP contribution in [0.4, 0.5) is 30.6 Å². The molecule has 5 nitrogen and oxygen atoms in total. The maximum Gasteiger partial charge on any atom is 0.421 e. The molecular formula is C16H18F3N4O. The number of hydrogen-bond donors (Lipinski definition) is 2. The van der Waals surface area contributed by atoms with Crippen LogP contribution in [-0.2, 0) is 6.18 Å². The van der Waals surface area contributed by atoms with E-state index in [4.69, 9.17) is 4.74 Å². The van der Waals surface area contributed by atoms with Gasteiger partial charge in [-0.25, -0.2) is 4.98 Å². The molecule has 0 aliphatic carbocycles. The minimum Gasteiger partial charge on any atom is -0.489 e. The first-order chi connectivity index (χ1) is 11.3. The molecule has 1 aromatic carbocycles. The molecule has 0 saturated heterocycles. The Morgan fingerprint density at radius 3 is 2.71 bits per heavy atom. The summed E-state index contributed by atoms with van der Waals surface area (Å²) < 4.78 is 44.5. The van der Waals surface area contributed by atoms with E-state index in [-0.39, 0.29) is 17.9 Å². The topological polar surface area (TPSA) is 59.1 Å². The quantitative estimate of drug-likeness (QED) is 0.823. The summed E-state index contributed by atoms with van der Waals surface area (Å²) in [5.41, 5.74) is -0.361. The number of alkyl halides is 3. The lowest BCUT2D eigenvalue weighted by Crippen LogP contribution is -2.14. The van der Waals surface area contributed by atoms with Crippen LogP contribution in [0.5, 0.6) is 5.75 Å². The third kappa shape index (κ3) is 4.50. The predicted molar refractivity (Wildman–Crippen MR) is 85.5 cm³/mol. The number of ether oxygens (including phenoxy) is 1. The highest BCUT2D eigenvalue weighted by atomic mass is 19.4. The second kappa shape index (κ2) is 7.37. The standard InChI is InChI=1S/C16H18F3N4O/c1-4-20-14-11(16(17,18)19)9-21-15(23-14)22-12-7-5-6-8-13(12)24-10(2)3/h5,7-10H,4H2,1-3H3,(H2,20,21,22,23). The molecule has 1 heterocycles. The molecule has 1 radical (unpaired) electrons. The van der Waals surface area contributed by atoms with Crippen molar-refractivity contribution >= 4 is 17.5 Å². The van der Waals surface area contributed by atoms with Gasteiger partial charge in [-0.3, -0.25) is 0 Å². The summed E-state index contributed by atoms with van der Waals surface area (Å²) in [5, 5.41) is 5.49. The van der Waals surface area contributed by atoms with Crippen molar-refractivity contribution in [1.82, 2.24) is 9.97 Å². The number of nitrogens with zero attached hydrogens (tertiary/aromatic N) is 2. The molecule has 129 valence electrons. The molecule has 0 atom stereocenters. The van der Waals surface area contributed by atoms with Crippen molar-refractivity contribution in [3.05, 3.63) is 36.0 Å². The Morgan fingerprint density at radius 2 is 2.08 bits per heavy atom. The minimum absolute atomic E-state index is 0.0405. The van der Waals surface area contributed by atoms with Crippen LogP contribution in [0.1, 0.15) is 26.3 Å². The number of benzene rings is 1. The number of anilines is 3. The van der Waals surface area contributed by atoms with Crippen LogP contribution >= 0.6 is 0 Å². The van der Waals surface area contributed by atoms with Gasteiger partial charge in [0.05, 0.1) is 11.8 Å². The molecule has 2 N–H and O–H groups in total. The number of nitrogens with one attached hydrogen (secondary N) is 2. The van der Waals surface area contributed by atoms with Gasteiger partial charge in [0.1, 0.15) is 17.1 Å². The van der Waals surface area contributed by atoms with Gasteiger partial charge in [-0.15, -0.1) is 0 Å². The monoisotopic (exact) mass is 339 g/mol. The van der Waals surface area contributed by atoms with E-state index in [1.165, 1.54) is 0 Å². The van der Waals surface area contributed by atoms with Crippen molar-refractivity contribution in [2.24, 2.45) is 0 Å². The third-order valence-electron chi connectivity index (χ3n) is 2.87. The molecule has 0 aliphatic rings. The summed E-state index contributed by atoms with van der Waals surface area (Å²) in [6.45, 7) is 5.74. The SMILES string of the molecule is CCNc1nc(Nc2cc[c]cc2OC(C)C)ncc1C(F)(F)F. The summed E-state index contributed by atoms with van der Waals surface area (Å²) in [5.74, 6) is 0.288. The van der Waals surface area contributed by atoms with Gasteiger partial charge in [-0.1, -0.05) is 6.07 Å². The fourth-order valence-electron chi connectivity index (χ4n) is 1.94. The fourth-order valence-corrected chi connectivity index (χ4v) is 1.94. The minimum atomic E-state index is -4.52. The number of aromatic nitrogens is 2. The van der Waals surface area contributed by atoms with Crippen molar-refractivity contribution in [3.8, 4) is 5.75 Å². The average Bonchev–Trinajstić information content (AvgIpc) is 2.48. The molecule has 0 bridgehead atoms. The lowest BCUT2D eigenvalue weighted by atomic mass is 10.3. The molecule has 8 heteroatoms. The summed E-state index contributed by atoms with van der Waals surface area (Å²) >= 11 is 0. The van der Waals surface area contributed by atoms with E-state index in [0.717, 1.165) is 6.20 Å². The van der Waals surface area contributed by atoms with E-state index >= 15 is 0 Å². The van der Waals surface area contributed by atoms with Crippen molar-refractivity contribution < 1.29 is 17.9 Å². The molecule has 24 heavy (non-hydrogen) atoms. The second-order valence-corrected chi connectivity index (χ2v) is 5.20. The van der Waals surface area contributed by atoms with E-state index in [9.17, 15) is 13.2 Å². The second-order valence-electron chi connectivity index (χ2n) is 5.20. The highest BCUT2D eigenvalue weighted by molar-refractivity contribution is 5.63. The Balaban J connectivity index is 2.32. The predicted octanol–water partition coefficient (Wildman–Crippen LogP) is 4.26. The number of rotatable bonds is 6. The highest BCUT2D eigenvalue weighted by Gasteiger charge is 2.35. The van der Waals surface area contributed by atoms with Crippen LogP contribution in [0.15, 0.2) is 24.4 Å². The molecule has 1 aromatic heterocycles. The smallest absolute Gasteiger partial charge is 0.421 e. The molecule has 2 rings (SSSR count). The Labute approximate surface area is 138 Å². The summed E-state index contributed by atoms with van der Waals surface area (Å²) in [6.07, 6.45) is -3.83. The van der Waals surface area contributed by atoms with Gasteiger partial charge in [0.15, 0.2) is 0 Å². The van der Waals surface area contributed by atoms with Crippen LogP contribution in [0.3, 0.4) is 0 Å². The zero-order chi connectivity index (χ0) is 17.7. The van der Waals surface area contributed by atoms with E-state index in [2.05, 4.69) is 26.7 Å². The average molecular weight is 339 g/mol. The van der Waals surface area contributed by atoms with Crippen molar-refractivity contribution in [2.75, 3.05) is 17.2 Å². The third-order valence-corrected chi connectivity index (χ3v) is 2.87. The van der Waals surface area contributed by atoms with E-state index in [1.807, 2.05) is 13.8 Å². The van der Waals surface area contributed by atoms with Gasteiger partial charge in [-0.05, 0) is 39.0 Å². The van der Waals surface area contributed by atoms with Crippen molar-refractivity contribution in [3.63, 3.8) is 0 Å². The molecule has 0 fully saturated rings. The van der Waals surface area contributed by atoms with E-state index < -0.39 is 11.7 Å². The van der Waals surface area contributed by atoms with Crippen LogP contribution in [0, 0.1) is 6.07 Å². The van der Waals surface area contributed by atoms with Gasteiger partial charge in [0.2, 0.25) is 5.95 Å². The molecule has 0 saturated carbocycles. The van der Waals surface area contributed by atoms with Gasteiger partial charge in [0.25, 0.3) is 0 Å². The lowest BCUT2D eigenvalue weighted by molar-refractivity contribution is -0.137. The van der Waals surface area contributed by atoms with Crippen LogP contribution in [0.25, 0.3) is 0 Å². The normalized spacial score (nSPS) is 11.5. The molecule has 0 unspecified atom stereocenters. The van der Waals surface area contributed by atoms with Gasteiger partial charge >= 0.3 is 6.18 Å². The van der Waals surface area contributed by atoms with Crippen LogP contribution < -0.4 is 15.4 Å². The maximum atomic E-state index is 13.0. The molecule has 2 aromatic rings. The first-order valence-electron chi connectivity index (χ1n) is 7.43. The van der Waals surface area contributed by atoms with Crippen LogP contribution in [0.2, 0.25) is 0 Å². The first kappa shape index (κ1) is 17.8. The summed E-state index contributed by atoms with van der Waals surface area (Å²) in [7, 11) is 0. The zero-order valence-electron chi connectivity index (χ0n) is 13.5. The zero-order valence-corrected chi connectivity index (χ0v) is 13.5. The molecule has 0 amide bonds.